The van der Waals surface area contributed by atoms with Crippen LogP contribution in [0.1, 0.15) is 11.1 Å². The number of carbonyl (C=O) groups is 1. The van der Waals surface area contributed by atoms with Gasteiger partial charge in [0.2, 0.25) is 0 Å². The lowest BCUT2D eigenvalue weighted by atomic mass is 10.1. The van der Waals surface area contributed by atoms with Gasteiger partial charge in [-0.1, -0.05) is 0 Å². The Labute approximate surface area is 101 Å². The van der Waals surface area contributed by atoms with E-state index >= 15 is 0 Å². The highest BCUT2D eigenvalue weighted by molar-refractivity contribution is 5.68. The quantitative estimate of drug-likeness (QED) is 0.851. The smallest absolute Gasteiger partial charge is 0.416 e. The molecule has 0 saturated heterocycles. The molecule has 4 nitrogen and oxygen atoms in total. The first-order valence-corrected chi connectivity index (χ1v) is 5.03. The number of carboxylic acid groups (broad SMARTS) is 1. The Hall–Kier alpha value is -1.76. The van der Waals surface area contributed by atoms with E-state index in [-0.39, 0.29) is 12.3 Å². The van der Waals surface area contributed by atoms with Gasteiger partial charge in [0, 0.05) is 6.54 Å². The van der Waals surface area contributed by atoms with Gasteiger partial charge in [-0.05, 0) is 30.8 Å². The van der Waals surface area contributed by atoms with Crippen LogP contribution in [0, 0.1) is 0 Å². The normalized spacial score (nSPS) is 11.3. The molecule has 0 aromatic heterocycles. The third-order valence-electron chi connectivity index (χ3n) is 2.04. The van der Waals surface area contributed by atoms with Crippen molar-refractivity contribution in [2.45, 2.75) is 12.7 Å². The second-order valence-electron chi connectivity index (χ2n) is 3.58. The molecular weight excluding hydrogens is 251 g/mol. The van der Waals surface area contributed by atoms with Gasteiger partial charge in [0.25, 0.3) is 0 Å². The molecule has 1 aromatic carbocycles. The Bertz CT molecular complexity index is 432. The monoisotopic (exact) mass is 263 g/mol. The van der Waals surface area contributed by atoms with E-state index in [9.17, 15) is 18.0 Å². The first-order valence-electron chi connectivity index (χ1n) is 5.03. The molecule has 0 amide bonds. The molecule has 1 rings (SSSR count). The Morgan fingerprint density at radius 1 is 1.39 bits per heavy atom. The van der Waals surface area contributed by atoms with Gasteiger partial charge in [0.05, 0.1) is 5.56 Å². The lowest BCUT2D eigenvalue weighted by molar-refractivity contribution is -0.139. The average Bonchev–Trinajstić information content (AvgIpc) is 2.25. The molecule has 0 fully saturated rings. The molecule has 0 spiro atoms. The molecule has 0 bridgehead atoms. The van der Waals surface area contributed by atoms with Crippen LogP contribution >= 0.6 is 0 Å². The number of ether oxygens (including phenoxy) is 1. The van der Waals surface area contributed by atoms with E-state index in [2.05, 4.69) is 5.32 Å². The number of nitrogens with one attached hydrogen (secondary N) is 1. The summed E-state index contributed by atoms with van der Waals surface area (Å²) in [6.45, 7) is -0.451. The molecule has 0 aliphatic heterocycles. The van der Waals surface area contributed by atoms with Crippen LogP contribution in [0.15, 0.2) is 18.2 Å². The number of alkyl halides is 3. The van der Waals surface area contributed by atoms with Crippen LogP contribution in [-0.4, -0.2) is 24.7 Å². The summed E-state index contributed by atoms with van der Waals surface area (Å²) in [7, 11) is 1.60. The minimum Gasteiger partial charge on any atom is -0.482 e. The molecule has 18 heavy (non-hydrogen) atoms. The molecule has 1 aromatic rings. The Balaban J connectivity index is 3.02. The van der Waals surface area contributed by atoms with Crippen molar-refractivity contribution >= 4 is 5.97 Å². The summed E-state index contributed by atoms with van der Waals surface area (Å²) in [6, 6.07) is 3.14. The van der Waals surface area contributed by atoms with Gasteiger partial charge in [-0.2, -0.15) is 13.2 Å². The fraction of sp³-hybridized carbons (Fsp3) is 0.364. The summed E-state index contributed by atoms with van der Waals surface area (Å²) in [5, 5.41) is 11.1. The maximum atomic E-state index is 12.6. The van der Waals surface area contributed by atoms with Crippen LogP contribution in [0.2, 0.25) is 0 Å². The van der Waals surface area contributed by atoms with Crippen molar-refractivity contribution in [2.75, 3.05) is 13.7 Å². The third-order valence-corrected chi connectivity index (χ3v) is 2.04. The van der Waals surface area contributed by atoms with Gasteiger partial charge in [-0.15, -0.1) is 0 Å². The minimum atomic E-state index is -4.49. The number of carboxylic acids is 1. The number of hydrogen-bond donors (Lipinski definition) is 2. The van der Waals surface area contributed by atoms with Crippen LogP contribution in [0.4, 0.5) is 13.2 Å². The molecule has 2 N–H and O–H groups in total. The number of benzene rings is 1. The fourth-order valence-electron chi connectivity index (χ4n) is 1.36. The molecular formula is C11H12F3NO3. The fourth-order valence-corrected chi connectivity index (χ4v) is 1.36. The zero-order valence-corrected chi connectivity index (χ0v) is 9.54. The summed E-state index contributed by atoms with van der Waals surface area (Å²) in [5.74, 6) is -1.36. The van der Waals surface area contributed by atoms with Crippen LogP contribution in [0.3, 0.4) is 0 Å². The van der Waals surface area contributed by atoms with Crippen LogP contribution in [0.5, 0.6) is 5.75 Å². The van der Waals surface area contributed by atoms with E-state index in [1.54, 1.807) is 7.05 Å². The molecule has 0 aliphatic rings. The third kappa shape index (κ3) is 4.25. The molecule has 0 saturated carbocycles. The number of halogens is 3. The number of aliphatic carboxylic acids is 1. The maximum Gasteiger partial charge on any atom is 0.416 e. The van der Waals surface area contributed by atoms with Crippen molar-refractivity contribution in [3.63, 3.8) is 0 Å². The van der Waals surface area contributed by atoms with E-state index in [1.807, 2.05) is 0 Å². The van der Waals surface area contributed by atoms with E-state index in [0.717, 1.165) is 12.1 Å². The Morgan fingerprint density at radius 3 is 2.56 bits per heavy atom. The predicted octanol–water partition coefficient (Wildman–Crippen LogP) is 1.89. The van der Waals surface area contributed by atoms with E-state index in [0.29, 0.717) is 5.56 Å². The predicted molar refractivity (Wildman–Crippen MR) is 57.3 cm³/mol. The lowest BCUT2D eigenvalue weighted by Crippen LogP contribution is -2.13. The molecule has 0 radical (unpaired) electrons. The van der Waals surface area contributed by atoms with Crippen molar-refractivity contribution in [2.24, 2.45) is 0 Å². The highest BCUT2D eigenvalue weighted by Gasteiger charge is 2.31. The van der Waals surface area contributed by atoms with Crippen molar-refractivity contribution < 1.29 is 27.8 Å². The molecule has 0 heterocycles. The second kappa shape index (κ2) is 5.72. The van der Waals surface area contributed by atoms with Gasteiger partial charge in [-0.25, -0.2) is 4.79 Å². The first kappa shape index (κ1) is 14.3. The van der Waals surface area contributed by atoms with E-state index in [4.69, 9.17) is 9.84 Å². The van der Waals surface area contributed by atoms with Gasteiger partial charge in [-0.3, -0.25) is 0 Å². The van der Waals surface area contributed by atoms with Crippen LogP contribution in [0.25, 0.3) is 0 Å². The highest BCUT2D eigenvalue weighted by Crippen LogP contribution is 2.32. The van der Waals surface area contributed by atoms with Crippen LogP contribution < -0.4 is 10.1 Å². The maximum absolute atomic E-state index is 12.6. The van der Waals surface area contributed by atoms with Gasteiger partial charge in [0.15, 0.2) is 6.61 Å². The van der Waals surface area contributed by atoms with Crippen molar-refractivity contribution in [3.05, 3.63) is 29.3 Å². The Kier molecular flexibility index (Phi) is 4.55. The zero-order chi connectivity index (χ0) is 13.8. The summed E-state index contributed by atoms with van der Waals surface area (Å²) in [5.41, 5.74) is -0.497. The largest absolute Gasteiger partial charge is 0.482 e. The standard InChI is InChI=1S/C11H12F3NO3/c1-15-5-7-2-8(11(12,13)14)4-9(3-7)18-6-10(16)17/h2-4,15H,5-6H2,1H3,(H,16,17). The average molecular weight is 263 g/mol. The summed E-state index contributed by atoms with van der Waals surface area (Å²) in [6.07, 6.45) is -4.49. The van der Waals surface area contributed by atoms with E-state index < -0.39 is 24.3 Å². The SMILES string of the molecule is CNCc1cc(OCC(=O)O)cc(C(F)(F)F)c1. The molecule has 0 aliphatic carbocycles. The zero-order valence-electron chi connectivity index (χ0n) is 9.54. The lowest BCUT2D eigenvalue weighted by Gasteiger charge is -2.12. The first-order chi connectivity index (χ1) is 8.32. The topological polar surface area (TPSA) is 58.6 Å². The summed E-state index contributed by atoms with van der Waals surface area (Å²) in [4.78, 5) is 10.3. The van der Waals surface area contributed by atoms with Crippen molar-refractivity contribution in [1.82, 2.24) is 5.32 Å². The minimum absolute atomic E-state index is 0.113. The molecule has 100 valence electrons. The molecule has 0 atom stereocenters. The second-order valence-corrected chi connectivity index (χ2v) is 3.58. The van der Waals surface area contributed by atoms with Gasteiger partial charge < -0.3 is 15.2 Å². The van der Waals surface area contributed by atoms with Gasteiger partial charge in [0.1, 0.15) is 5.75 Å². The molecule has 0 unspecified atom stereocenters. The Morgan fingerprint density at radius 2 is 2.06 bits per heavy atom. The summed E-state index contributed by atoms with van der Waals surface area (Å²) >= 11 is 0. The highest BCUT2D eigenvalue weighted by atomic mass is 19.4. The van der Waals surface area contributed by atoms with Crippen molar-refractivity contribution in [3.8, 4) is 5.75 Å². The molecule has 7 heteroatoms. The van der Waals surface area contributed by atoms with Gasteiger partial charge >= 0.3 is 12.1 Å². The van der Waals surface area contributed by atoms with Crippen molar-refractivity contribution in [1.29, 1.82) is 0 Å². The number of hydrogen-bond acceptors (Lipinski definition) is 3. The summed E-state index contributed by atoms with van der Waals surface area (Å²) < 4.78 is 42.5. The van der Waals surface area contributed by atoms with Crippen LogP contribution in [-0.2, 0) is 17.5 Å². The number of rotatable bonds is 5. The van der Waals surface area contributed by atoms with E-state index in [1.165, 1.54) is 6.07 Å².